The molecule has 0 saturated heterocycles. The number of amides is 2. The third kappa shape index (κ3) is 3.20. The van der Waals surface area contributed by atoms with E-state index in [0.717, 1.165) is 22.2 Å². The molecule has 1 aliphatic rings. The van der Waals surface area contributed by atoms with Gasteiger partial charge in [-0.3, -0.25) is 0 Å². The van der Waals surface area contributed by atoms with E-state index in [0.29, 0.717) is 37.8 Å². The number of carbonyl (C=O) groups excluding carboxylic acids is 1. The first-order valence-corrected chi connectivity index (χ1v) is 8.48. The van der Waals surface area contributed by atoms with Crippen LogP contribution in [0.3, 0.4) is 0 Å². The fourth-order valence-electron chi connectivity index (χ4n) is 3.10. The third-order valence-electron chi connectivity index (χ3n) is 4.47. The van der Waals surface area contributed by atoms with Gasteiger partial charge >= 0.3 is 6.03 Å². The van der Waals surface area contributed by atoms with E-state index in [4.69, 9.17) is 4.74 Å². The van der Waals surface area contributed by atoms with Crippen LogP contribution >= 0.6 is 0 Å². The van der Waals surface area contributed by atoms with Crippen molar-refractivity contribution in [1.82, 2.24) is 20.2 Å². The molecule has 2 N–H and O–H groups in total. The molecule has 26 heavy (non-hydrogen) atoms. The molecule has 1 aromatic heterocycles. The van der Waals surface area contributed by atoms with Crippen molar-refractivity contribution in [2.45, 2.75) is 20.0 Å². The Morgan fingerprint density at radius 2 is 2.27 bits per heavy atom. The zero-order chi connectivity index (χ0) is 18.1. The summed E-state index contributed by atoms with van der Waals surface area (Å²) in [4.78, 5) is 21.9. The summed E-state index contributed by atoms with van der Waals surface area (Å²) in [7, 11) is 0. The smallest absolute Gasteiger partial charge is 0.318 e. The Hall–Kier alpha value is -3.09. The van der Waals surface area contributed by atoms with Gasteiger partial charge in [0.25, 0.3) is 0 Å². The Bertz CT molecular complexity index is 969. The van der Waals surface area contributed by atoms with E-state index in [1.165, 1.54) is 12.1 Å². The average Bonchev–Trinajstić information content (AvgIpc) is 2.93. The highest BCUT2D eigenvalue weighted by Crippen LogP contribution is 2.24. The molecule has 7 heteroatoms. The molecular weight excluding hydrogens is 335 g/mol. The molecule has 0 radical (unpaired) electrons. The number of nitrogens with one attached hydrogen (secondary N) is 2. The second-order valence-electron chi connectivity index (χ2n) is 6.34. The maximum absolute atomic E-state index is 13.3. The molecule has 6 nitrogen and oxygen atoms in total. The van der Waals surface area contributed by atoms with Crippen molar-refractivity contribution in [1.29, 1.82) is 0 Å². The molecule has 0 aliphatic carbocycles. The maximum atomic E-state index is 13.3. The quantitative estimate of drug-likeness (QED) is 0.743. The van der Waals surface area contributed by atoms with Crippen LogP contribution < -0.4 is 10.1 Å². The lowest BCUT2D eigenvalue weighted by molar-refractivity contribution is 0.187. The molecule has 2 aromatic carbocycles. The van der Waals surface area contributed by atoms with E-state index < -0.39 is 0 Å². The van der Waals surface area contributed by atoms with Crippen LogP contribution in [0.15, 0.2) is 36.4 Å². The Kier molecular flexibility index (Phi) is 4.20. The van der Waals surface area contributed by atoms with Gasteiger partial charge in [0, 0.05) is 11.6 Å². The van der Waals surface area contributed by atoms with Crippen molar-refractivity contribution < 1.29 is 13.9 Å². The average molecular weight is 354 g/mol. The number of aryl methyl sites for hydroxylation is 1. The molecule has 0 atom stereocenters. The number of hydrogen-bond acceptors (Lipinski definition) is 3. The summed E-state index contributed by atoms with van der Waals surface area (Å²) in [6, 6.07) is 10.1. The third-order valence-corrected chi connectivity index (χ3v) is 4.47. The number of hydrogen-bond donors (Lipinski definition) is 2. The lowest BCUT2D eigenvalue weighted by Crippen LogP contribution is -2.40. The Labute approximate surface area is 150 Å². The number of aromatic amines is 1. The van der Waals surface area contributed by atoms with Crippen molar-refractivity contribution in [3.05, 3.63) is 59.2 Å². The van der Waals surface area contributed by atoms with Crippen LogP contribution in [0.4, 0.5) is 9.18 Å². The van der Waals surface area contributed by atoms with Gasteiger partial charge in [0.2, 0.25) is 0 Å². The second kappa shape index (κ2) is 6.67. The number of ether oxygens (including phenoxy) is 1. The van der Waals surface area contributed by atoms with Crippen LogP contribution in [-0.2, 0) is 13.1 Å². The second-order valence-corrected chi connectivity index (χ2v) is 6.34. The topological polar surface area (TPSA) is 70.2 Å². The summed E-state index contributed by atoms with van der Waals surface area (Å²) in [5.74, 6) is 0.853. The maximum Gasteiger partial charge on any atom is 0.318 e. The Morgan fingerprint density at radius 1 is 1.38 bits per heavy atom. The number of carbonyl (C=O) groups is 1. The minimum absolute atomic E-state index is 0.206. The summed E-state index contributed by atoms with van der Waals surface area (Å²) < 4.78 is 18.9. The number of imidazole rings is 1. The number of aromatic nitrogens is 2. The summed E-state index contributed by atoms with van der Waals surface area (Å²) >= 11 is 0. The van der Waals surface area contributed by atoms with Crippen LogP contribution in [0.25, 0.3) is 11.0 Å². The molecule has 2 amide bonds. The van der Waals surface area contributed by atoms with Gasteiger partial charge in [-0.2, -0.15) is 0 Å². The van der Waals surface area contributed by atoms with Gasteiger partial charge in [-0.15, -0.1) is 0 Å². The van der Waals surface area contributed by atoms with Gasteiger partial charge in [-0.1, -0.05) is 18.2 Å². The van der Waals surface area contributed by atoms with Gasteiger partial charge in [-0.25, -0.2) is 14.2 Å². The monoisotopic (exact) mass is 354 g/mol. The number of nitrogens with zero attached hydrogens (tertiary/aromatic N) is 2. The fourth-order valence-corrected chi connectivity index (χ4v) is 3.10. The first-order chi connectivity index (χ1) is 12.6. The van der Waals surface area contributed by atoms with Gasteiger partial charge in [-0.05, 0) is 24.6 Å². The summed E-state index contributed by atoms with van der Waals surface area (Å²) in [6.45, 7) is 3.44. The first kappa shape index (κ1) is 16.4. The van der Waals surface area contributed by atoms with Crippen LogP contribution in [0, 0.1) is 12.7 Å². The van der Waals surface area contributed by atoms with Crippen LogP contribution in [0.2, 0.25) is 0 Å². The van der Waals surface area contributed by atoms with Crippen molar-refractivity contribution in [3.63, 3.8) is 0 Å². The van der Waals surface area contributed by atoms with Crippen LogP contribution in [0.5, 0.6) is 5.75 Å². The molecule has 0 saturated carbocycles. The SMILES string of the molecule is Cc1cccc2[nH]c(CNC(=O)N3CCOc4cc(F)ccc4C3)nc12. The number of fused-ring (bicyclic) bond motifs is 2. The first-order valence-electron chi connectivity index (χ1n) is 8.48. The minimum atomic E-state index is -0.346. The molecule has 3 aromatic rings. The number of benzene rings is 2. The summed E-state index contributed by atoms with van der Waals surface area (Å²) in [5, 5.41) is 2.88. The largest absolute Gasteiger partial charge is 0.491 e. The van der Waals surface area contributed by atoms with Crippen molar-refractivity contribution in [2.75, 3.05) is 13.2 Å². The molecular formula is C19H19FN4O2. The van der Waals surface area contributed by atoms with E-state index in [9.17, 15) is 9.18 Å². The molecule has 0 fully saturated rings. The predicted molar refractivity (Wildman–Crippen MR) is 95.4 cm³/mol. The van der Waals surface area contributed by atoms with E-state index in [1.807, 2.05) is 25.1 Å². The van der Waals surface area contributed by atoms with Gasteiger partial charge in [0.1, 0.15) is 24.0 Å². The number of halogens is 1. The highest BCUT2D eigenvalue weighted by molar-refractivity contribution is 5.79. The Balaban J connectivity index is 1.44. The molecule has 0 spiro atoms. The predicted octanol–water partition coefficient (Wildman–Crippen LogP) is 3.11. The Morgan fingerprint density at radius 3 is 3.12 bits per heavy atom. The van der Waals surface area contributed by atoms with E-state index in [-0.39, 0.29) is 11.8 Å². The summed E-state index contributed by atoms with van der Waals surface area (Å²) in [6.07, 6.45) is 0. The van der Waals surface area contributed by atoms with E-state index in [1.54, 1.807) is 11.0 Å². The number of para-hydroxylation sites is 1. The molecule has 0 unspecified atom stereocenters. The minimum Gasteiger partial charge on any atom is -0.491 e. The van der Waals surface area contributed by atoms with Gasteiger partial charge in [0.15, 0.2) is 0 Å². The lowest BCUT2D eigenvalue weighted by atomic mass is 10.2. The van der Waals surface area contributed by atoms with Crippen LogP contribution in [0.1, 0.15) is 17.0 Å². The lowest BCUT2D eigenvalue weighted by Gasteiger charge is -2.20. The van der Waals surface area contributed by atoms with Crippen molar-refractivity contribution in [3.8, 4) is 5.75 Å². The molecule has 134 valence electrons. The molecule has 1 aliphatic heterocycles. The normalized spacial score (nSPS) is 13.8. The number of H-pyrrole nitrogens is 1. The van der Waals surface area contributed by atoms with Crippen molar-refractivity contribution in [2.24, 2.45) is 0 Å². The highest BCUT2D eigenvalue weighted by atomic mass is 19.1. The standard InChI is InChI=1S/C19H19FN4O2/c1-12-3-2-4-15-18(12)23-17(22-15)10-21-19(25)24-7-8-26-16-9-14(20)6-5-13(16)11-24/h2-6,9H,7-8,10-11H2,1H3,(H,21,25)(H,22,23). The number of urea groups is 1. The van der Waals surface area contributed by atoms with E-state index in [2.05, 4.69) is 15.3 Å². The zero-order valence-corrected chi connectivity index (χ0v) is 14.4. The molecule has 0 bridgehead atoms. The highest BCUT2D eigenvalue weighted by Gasteiger charge is 2.20. The molecule has 2 heterocycles. The van der Waals surface area contributed by atoms with Gasteiger partial charge < -0.3 is 19.9 Å². The van der Waals surface area contributed by atoms with Crippen LogP contribution in [-0.4, -0.2) is 34.1 Å². The fraction of sp³-hybridized carbons (Fsp3) is 0.263. The van der Waals surface area contributed by atoms with E-state index >= 15 is 0 Å². The zero-order valence-electron chi connectivity index (χ0n) is 14.4. The number of rotatable bonds is 2. The molecule has 4 rings (SSSR count). The van der Waals surface area contributed by atoms with Gasteiger partial charge in [0.05, 0.1) is 30.7 Å². The van der Waals surface area contributed by atoms with Crippen molar-refractivity contribution >= 4 is 17.1 Å². The summed E-state index contributed by atoms with van der Waals surface area (Å²) in [5.41, 5.74) is 3.74.